The van der Waals surface area contributed by atoms with Gasteiger partial charge in [0.05, 0.1) is 0 Å². The van der Waals surface area contributed by atoms with Crippen LogP contribution < -0.4 is 25.8 Å². The van der Waals surface area contributed by atoms with Crippen molar-refractivity contribution in [1.82, 2.24) is 5.32 Å². The molecule has 2 rings (SSSR count). The van der Waals surface area contributed by atoms with Crippen molar-refractivity contribution < 1.29 is 14.3 Å². The van der Waals surface area contributed by atoms with Gasteiger partial charge in [-0.3, -0.25) is 5.32 Å². The zero-order valence-corrected chi connectivity index (χ0v) is 10.1. The number of benzene rings is 1. The van der Waals surface area contributed by atoms with Crippen molar-refractivity contribution >= 4 is 11.7 Å². The summed E-state index contributed by atoms with van der Waals surface area (Å²) in [4.78, 5) is 11.7. The van der Waals surface area contributed by atoms with Gasteiger partial charge < -0.3 is 20.5 Å². The smallest absolute Gasteiger partial charge is 0.324 e. The summed E-state index contributed by atoms with van der Waals surface area (Å²) in [6.45, 7) is 0.130. The molecule has 0 aromatic heterocycles. The predicted octanol–water partition coefficient (Wildman–Crippen LogP) is 0.754. The summed E-state index contributed by atoms with van der Waals surface area (Å²) in [5, 5.41) is 22.0. The summed E-state index contributed by atoms with van der Waals surface area (Å²) >= 11 is 0. The van der Waals surface area contributed by atoms with E-state index >= 15 is 0 Å². The molecule has 0 aliphatic carbocycles. The van der Waals surface area contributed by atoms with Gasteiger partial charge in [0.1, 0.15) is 17.8 Å². The average Bonchev–Trinajstić information content (AvgIpc) is 2.91. The number of nitrogens with zero attached hydrogens (tertiary/aromatic N) is 2. The molecule has 1 aromatic rings. The van der Waals surface area contributed by atoms with Crippen LogP contribution in [0.5, 0.6) is 11.5 Å². The minimum absolute atomic E-state index is 0.130. The van der Waals surface area contributed by atoms with Gasteiger partial charge in [0.25, 0.3) is 0 Å². The van der Waals surface area contributed by atoms with Crippen LogP contribution in [0.3, 0.4) is 0 Å². The molecule has 0 fully saturated rings. The summed E-state index contributed by atoms with van der Waals surface area (Å²) in [5.74, 6) is 1.10. The maximum Gasteiger partial charge on any atom is 0.324 e. The van der Waals surface area contributed by atoms with E-state index in [2.05, 4.69) is 10.6 Å². The first-order chi connectivity index (χ1) is 9.63. The number of amides is 2. The summed E-state index contributed by atoms with van der Waals surface area (Å²) in [6, 6.07) is 7.33. The van der Waals surface area contributed by atoms with Crippen LogP contribution in [0.1, 0.15) is 0 Å². The molecule has 0 saturated heterocycles. The van der Waals surface area contributed by atoms with Gasteiger partial charge in [0, 0.05) is 11.8 Å². The Bertz CT molecular complexity index is 669. The molecule has 0 unspecified atom stereocenters. The third-order valence-electron chi connectivity index (χ3n) is 2.37. The van der Waals surface area contributed by atoms with Crippen molar-refractivity contribution in [1.29, 1.82) is 10.5 Å². The van der Waals surface area contributed by atoms with Crippen molar-refractivity contribution in [2.45, 2.75) is 0 Å². The highest BCUT2D eigenvalue weighted by molar-refractivity contribution is 5.91. The molecule has 100 valence electrons. The number of urea groups is 1. The van der Waals surface area contributed by atoms with Gasteiger partial charge in [-0.2, -0.15) is 10.5 Å². The van der Waals surface area contributed by atoms with Crippen LogP contribution in [-0.2, 0) is 0 Å². The summed E-state index contributed by atoms with van der Waals surface area (Å²) in [5.41, 5.74) is 5.02. The summed E-state index contributed by atoms with van der Waals surface area (Å²) in [6.07, 6.45) is 0. The zero-order valence-electron chi connectivity index (χ0n) is 10.1. The molecular weight excluding hydrogens is 262 g/mol. The van der Waals surface area contributed by atoms with Crippen LogP contribution in [-0.4, -0.2) is 12.8 Å². The van der Waals surface area contributed by atoms with E-state index in [1.54, 1.807) is 30.3 Å². The number of nitriles is 2. The Morgan fingerprint density at radius 1 is 1.25 bits per heavy atom. The van der Waals surface area contributed by atoms with E-state index in [0.29, 0.717) is 17.2 Å². The number of nitrogens with one attached hydrogen (secondary N) is 2. The van der Waals surface area contributed by atoms with Gasteiger partial charge in [0.15, 0.2) is 17.2 Å². The van der Waals surface area contributed by atoms with Crippen LogP contribution in [0.2, 0.25) is 0 Å². The normalized spacial score (nSPS) is 12.7. The van der Waals surface area contributed by atoms with Gasteiger partial charge in [-0.25, -0.2) is 4.79 Å². The molecular formula is C12H9N5O3. The molecule has 0 saturated carbocycles. The number of hydrogen-bond acceptors (Lipinski definition) is 6. The molecule has 0 atom stereocenters. The summed E-state index contributed by atoms with van der Waals surface area (Å²) < 4.78 is 10.3. The third kappa shape index (κ3) is 2.71. The second-order valence-corrected chi connectivity index (χ2v) is 3.66. The lowest BCUT2D eigenvalue weighted by Crippen LogP contribution is -2.29. The Labute approximate surface area is 114 Å². The molecule has 1 aromatic carbocycles. The highest BCUT2D eigenvalue weighted by Crippen LogP contribution is 2.34. The summed E-state index contributed by atoms with van der Waals surface area (Å²) in [7, 11) is 0. The van der Waals surface area contributed by atoms with Crippen LogP contribution >= 0.6 is 0 Å². The van der Waals surface area contributed by atoms with Crippen molar-refractivity contribution in [3.8, 4) is 23.6 Å². The van der Waals surface area contributed by atoms with Gasteiger partial charge in [-0.05, 0) is 12.1 Å². The Balaban J connectivity index is 2.06. The number of hydrogen-bond donors (Lipinski definition) is 3. The fourth-order valence-electron chi connectivity index (χ4n) is 1.46. The number of fused-ring (bicyclic) bond motifs is 1. The first-order valence-electron chi connectivity index (χ1n) is 5.41. The minimum atomic E-state index is -0.696. The average molecular weight is 271 g/mol. The predicted molar refractivity (Wildman–Crippen MR) is 67.2 cm³/mol. The van der Waals surface area contributed by atoms with E-state index in [9.17, 15) is 4.79 Å². The Hall–Kier alpha value is -3.39. The number of nitrogens with two attached hydrogens (primary N) is 1. The van der Waals surface area contributed by atoms with E-state index in [-0.39, 0.29) is 18.2 Å². The minimum Gasteiger partial charge on any atom is -0.454 e. The molecule has 1 aliphatic rings. The van der Waals surface area contributed by atoms with Crippen LogP contribution in [0, 0.1) is 22.7 Å². The van der Waals surface area contributed by atoms with Crippen LogP contribution in [0.4, 0.5) is 10.5 Å². The van der Waals surface area contributed by atoms with E-state index in [1.807, 2.05) is 0 Å². The molecule has 2 amide bonds. The van der Waals surface area contributed by atoms with E-state index in [0.717, 1.165) is 0 Å². The first-order valence-corrected chi connectivity index (χ1v) is 5.41. The Morgan fingerprint density at radius 3 is 2.70 bits per heavy atom. The second-order valence-electron chi connectivity index (χ2n) is 3.66. The zero-order chi connectivity index (χ0) is 14.5. The second kappa shape index (κ2) is 5.50. The highest BCUT2D eigenvalue weighted by Gasteiger charge is 2.14. The SMILES string of the molecule is N#CC(N)=C(C#N)NC(=O)Nc1ccc2c(c1)OCO2. The standard InChI is InChI=1S/C12H9N5O3/c13-4-8(15)9(5-14)17-12(18)16-7-1-2-10-11(3-7)20-6-19-10/h1-3H,6,15H2,(H2,16,17,18). The Kier molecular flexibility index (Phi) is 3.59. The fourth-order valence-corrected chi connectivity index (χ4v) is 1.46. The maximum atomic E-state index is 11.7. The van der Waals surface area contributed by atoms with Gasteiger partial charge in [-0.15, -0.1) is 0 Å². The molecule has 8 nitrogen and oxygen atoms in total. The van der Waals surface area contributed by atoms with E-state index < -0.39 is 6.03 Å². The number of carbonyl (C=O) groups is 1. The number of rotatable bonds is 2. The third-order valence-corrected chi connectivity index (χ3v) is 2.37. The van der Waals surface area contributed by atoms with Crippen molar-refractivity contribution in [3.63, 3.8) is 0 Å². The van der Waals surface area contributed by atoms with Crippen molar-refractivity contribution in [2.24, 2.45) is 5.73 Å². The van der Waals surface area contributed by atoms with E-state index in [4.69, 9.17) is 25.7 Å². The molecule has 1 aliphatic heterocycles. The Morgan fingerprint density at radius 2 is 2.00 bits per heavy atom. The quantitative estimate of drug-likeness (QED) is 0.680. The highest BCUT2D eigenvalue weighted by atomic mass is 16.7. The van der Waals surface area contributed by atoms with Crippen LogP contribution in [0.15, 0.2) is 29.6 Å². The van der Waals surface area contributed by atoms with Gasteiger partial charge in [-0.1, -0.05) is 0 Å². The van der Waals surface area contributed by atoms with Crippen molar-refractivity contribution in [3.05, 3.63) is 29.6 Å². The molecule has 0 bridgehead atoms. The van der Waals surface area contributed by atoms with E-state index in [1.165, 1.54) is 0 Å². The number of ether oxygens (including phenoxy) is 2. The van der Waals surface area contributed by atoms with Gasteiger partial charge in [0.2, 0.25) is 6.79 Å². The number of anilines is 1. The molecule has 20 heavy (non-hydrogen) atoms. The van der Waals surface area contributed by atoms with Gasteiger partial charge >= 0.3 is 6.03 Å². The fraction of sp³-hybridized carbons (Fsp3) is 0.0833. The lowest BCUT2D eigenvalue weighted by Gasteiger charge is -2.07. The van der Waals surface area contributed by atoms with Crippen molar-refractivity contribution in [2.75, 3.05) is 12.1 Å². The lowest BCUT2D eigenvalue weighted by atomic mass is 10.3. The monoisotopic (exact) mass is 271 g/mol. The molecule has 1 heterocycles. The molecule has 8 heteroatoms. The molecule has 4 N–H and O–H groups in total. The first kappa shape index (κ1) is 13.1. The lowest BCUT2D eigenvalue weighted by molar-refractivity contribution is 0.174. The maximum absolute atomic E-state index is 11.7. The number of allylic oxidation sites excluding steroid dienone is 2. The molecule has 0 spiro atoms. The molecule has 0 radical (unpaired) electrons. The largest absolute Gasteiger partial charge is 0.454 e. The topological polar surface area (TPSA) is 133 Å². The number of carbonyl (C=O) groups excluding carboxylic acids is 1. The van der Waals surface area contributed by atoms with Crippen LogP contribution in [0.25, 0.3) is 0 Å².